The fourth-order valence-electron chi connectivity index (χ4n) is 2.05. The van der Waals surface area contributed by atoms with Gasteiger partial charge < -0.3 is 20.1 Å². The molecule has 0 amide bonds. The zero-order chi connectivity index (χ0) is 12.3. The Kier molecular flexibility index (Phi) is 4.10. The summed E-state index contributed by atoms with van der Waals surface area (Å²) >= 11 is 6.35. The van der Waals surface area contributed by atoms with Crippen LogP contribution in [0.15, 0.2) is 12.1 Å². The van der Waals surface area contributed by atoms with Crippen LogP contribution in [0.1, 0.15) is 11.6 Å². The van der Waals surface area contributed by atoms with Crippen molar-refractivity contribution in [1.82, 2.24) is 10.6 Å². The fourth-order valence-corrected chi connectivity index (χ4v) is 2.41. The predicted molar refractivity (Wildman–Crippen MR) is 68.2 cm³/mol. The quantitative estimate of drug-likeness (QED) is 0.862. The Hall–Kier alpha value is -0.970. The van der Waals surface area contributed by atoms with Gasteiger partial charge in [-0.05, 0) is 11.6 Å². The molecule has 94 valence electrons. The molecule has 5 heteroatoms. The van der Waals surface area contributed by atoms with Gasteiger partial charge in [0.25, 0.3) is 0 Å². The van der Waals surface area contributed by atoms with Crippen molar-refractivity contribution in [1.29, 1.82) is 0 Å². The van der Waals surface area contributed by atoms with Gasteiger partial charge in [0.05, 0.1) is 19.2 Å². The number of rotatable bonds is 3. The topological polar surface area (TPSA) is 42.5 Å². The van der Waals surface area contributed by atoms with E-state index in [2.05, 4.69) is 10.6 Å². The van der Waals surface area contributed by atoms with E-state index in [1.807, 2.05) is 12.1 Å². The number of nitrogens with one attached hydrogen (secondary N) is 2. The Morgan fingerprint density at radius 1 is 1.24 bits per heavy atom. The van der Waals surface area contributed by atoms with Gasteiger partial charge in [-0.1, -0.05) is 17.7 Å². The first kappa shape index (κ1) is 12.5. The molecular weight excluding hydrogens is 240 g/mol. The van der Waals surface area contributed by atoms with E-state index in [1.54, 1.807) is 14.2 Å². The summed E-state index contributed by atoms with van der Waals surface area (Å²) in [6.07, 6.45) is 0. The average molecular weight is 257 g/mol. The smallest absolute Gasteiger partial charge is 0.179 e. The fraction of sp³-hybridized carbons (Fsp3) is 0.500. The molecule has 1 aromatic rings. The van der Waals surface area contributed by atoms with E-state index in [4.69, 9.17) is 21.1 Å². The summed E-state index contributed by atoms with van der Waals surface area (Å²) < 4.78 is 10.5. The van der Waals surface area contributed by atoms with E-state index in [0.717, 1.165) is 25.2 Å². The Morgan fingerprint density at radius 3 is 2.65 bits per heavy atom. The highest BCUT2D eigenvalue weighted by Crippen LogP contribution is 2.39. The molecule has 1 fully saturated rings. The summed E-state index contributed by atoms with van der Waals surface area (Å²) in [6, 6.07) is 4.08. The van der Waals surface area contributed by atoms with Crippen LogP contribution < -0.4 is 20.1 Å². The van der Waals surface area contributed by atoms with Crippen molar-refractivity contribution in [2.45, 2.75) is 6.04 Å². The number of ether oxygens (including phenoxy) is 2. The molecule has 4 nitrogen and oxygen atoms in total. The predicted octanol–water partition coefficient (Wildman–Crippen LogP) is 1.59. The van der Waals surface area contributed by atoms with Crippen molar-refractivity contribution in [3.63, 3.8) is 0 Å². The minimum atomic E-state index is 0.219. The SMILES string of the molecule is COc1ccc([C@@H]2CNCCN2)c(Cl)c1OC. The third-order valence-corrected chi connectivity index (χ3v) is 3.32. The third kappa shape index (κ3) is 2.49. The molecule has 0 aliphatic carbocycles. The Balaban J connectivity index is 2.34. The van der Waals surface area contributed by atoms with E-state index in [0.29, 0.717) is 16.5 Å². The number of methoxy groups -OCH3 is 2. The molecule has 2 rings (SSSR count). The van der Waals surface area contributed by atoms with Crippen LogP contribution in [0.25, 0.3) is 0 Å². The van der Waals surface area contributed by atoms with Gasteiger partial charge in [0.1, 0.15) is 0 Å². The van der Waals surface area contributed by atoms with Crippen molar-refractivity contribution >= 4 is 11.6 Å². The molecule has 0 unspecified atom stereocenters. The average Bonchev–Trinajstić information content (AvgIpc) is 2.39. The molecule has 1 aliphatic rings. The normalized spacial score (nSPS) is 20.1. The maximum Gasteiger partial charge on any atom is 0.179 e. The van der Waals surface area contributed by atoms with E-state index in [9.17, 15) is 0 Å². The van der Waals surface area contributed by atoms with Gasteiger partial charge in [0, 0.05) is 25.7 Å². The van der Waals surface area contributed by atoms with Crippen molar-refractivity contribution in [3.8, 4) is 11.5 Å². The molecule has 0 bridgehead atoms. The van der Waals surface area contributed by atoms with Crippen LogP contribution in [0.2, 0.25) is 5.02 Å². The molecular formula is C12H17ClN2O2. The lowest BCUT2D eigenvalue weighted by Crippen LogP contribution is -2.42. The maximum absolute atomic E-state index is 6.35. The minimum absolute atomic E-state index is 0.219. The molecule has 1 atom stereocenters. The number of hydrogen-bond donors (Lipinski definition) is 2. The van der Waals surface area contributed by atoms with Gasteiger partial charge in [-0.15, -0.1) is 0 Å². The summed E-state index contributed by atoms with van der Waals surface area (Å²) in [7, 11) is 3.20. The molecule has 1 aliphatic heterocycles. The van der Waals surface area contributed by atoms with Crippen molar-refractivity contribution < 1.29 is 9.47 Å². The van der Waals surface area contributed by atoms with Crippen LogP contribution in [0.5, 0.6) is 11.5 Å². The molecule has 1 aromatic carbocycles. The standard InChI is InChI=1S/C12H17ClN2O2/c1-16-10-4-3-8(11(13)12(10)17-2)9-7-14-5-6-15-9/h3-4,9,14-15H,5-7H2,1-2H3/t9-/m0/s1. The lowest BCUT2D eigenvalue weighted by molar-refractivity contribution is 0.353. The van der Waals surface area contributed by atoms with E-state index in [-0.39, 0.29) is 6.04 Å². The third-order valence-electron chi connectivity index (χ3n) is 2.93. The largest absolute Gasteiger partial charge is 0.493 e. The van der Waals surface area contributed by atoms with Crippen LogP contribution in [-0.4, -0.2) is 33.9 Å². The van der Waals surface area contributed by atoms with Gasteiger partial charge in [0.15, 0.2) is 11.5 Å². The Bertz CT molecular complexity index is 392. The van der Waals surface area contributed by atoms with Gasteiger partial charge in [-0.25, -0.2) is 0 Å². The minimum Gasteiger partial charge on any atom is -0.493 e. The van der Waals surface area contributed by atoms with Gasteiger partial charge >= 0.3 is 0 Å². The van der Waals surface area contributed by atoms with Crippen LogP contribution >= 0.6 is 11.6 Å². The number of halogens is 1. The summed E-state index contributed by atoms with van der Waals surface area (Å²) in [5, 5.41) is 7.37. The molecule has 0 spiro atoms. The van der Waals surface area contributed by atoms with E-state index >= 15 is 0 Å². The molecule has 1 heterocycles. The lowest BCUT2D eigenvalue weighted by Gasteiger charge is -2.26. The summed E-state index contributed by atoms with van der Waals surface area (Å²) in [6.45, 7) is 2.80. The summed E-state index contributed by atoms with van der Waals surface area (Å²) in [5.74, 6) is 1.25. The van der Waals surface area contributed by atoms with Gasteiger partial charge in [-0.3, -0.25) is 0 Å². The second-order valence-corrected chi connectivity index (χ2v) is 4.29. The molecule has 17 heavy (non-hydrogen) atoms. The monoisotopic (exact) mass is 256 g/mol. The molecule has 0 aromatic heterocycles. The van der Waals surface area contributed by atoms with Crippen LogP contribution in [0.4, 0.5) is 0 Å². The Morgan fingerprint density at radius 2 is 2.06 bits per heavy atom. The first-order valence-electron chi connectivity index (χ1n) is 5.62. The lowest BCUT2D eigenvalue weighted by atomic mass is 10.0. The molecule has 2 N–H and O–H groups in total. The Labute approximate surface area is 106 Å². The van der Waals surface area contributed by atoms with E-state index in [1.165, 1.54) is 0 Å². The van der Waals surface area contributed by atoms with Gasteiger partial charge in [0.2, 0.25) is 0 Å². The van der Waals surface area contributed by atoms with Crippen LogP contribution in [-0.2, 0) is 0 Å². The molecule has 1 saturated heterocycles. The molecule has 0 saturated carbocycles. The first-order chi connectivity index (χ1) is 8.27. The highest BCUT2D eigenvalue weighted by molar-refractivity contribution is 6.33. The number of benzene rings is 1. The maximum atomic E-state index is 6.35. The number of piperazine rings is 1. The van der Waals surface area contributed by atoms with Crippen LogP contribution in [0.3, 0.4) is 0 Å². The zero-order valence-electron chi connectivity index (χ0n) is 10.0. The van der Waals surface area contributed by atoms with Gasteiger partial charge in [-0.2, -0.15) is 0 Å². The second-order valence-electron chi connectivity index (χ2n) is 3.92. The zero-order valence-corrected chi connectivity index (χ0v) is 10.8. The van der Waals surface area contributed by atoms with Crippen molar-refractivity contribution in [3.05, 3.63) is 22.7 Å². The first-order valence-corrected chi connectivity index (χ1v) is 6.00. The summed E-state index contributed by atoms with van der Waals surface area (Å²) in [4.78, 5) is 0. The van der Waals surface area contributed by atoms with Crippen molar-refractivity contribution in [2.75, 3.05) is 33.9 Å². The summed E-state index contributed by atoms with van der Waals surface area (Å²) in [5.41, 5.74) is 1.04. The molecule has 0 radical (unpaired) electrons. The highest BCUT2D eigenvalue weighted by atomic mass is 35.5. The van der Waals surface area contributed by atoms with Crippen LogP contribution in [0, 0.1) is 0 Å². The second kappa shape index (κ2) is 5.58. The van der Waals surface area contributed by atoms with E-state index < -0.39 is 0 Å². The highest BCUT2D eigenvalue weighted by Gasteiger charge is 2.21. The number of hydrogen-bond acceptors (Lipinski definition) is 4. The van der Waals surface area contributed by atoms with Crippen molar-refractivity contribution in [2.24, 2.45) is 0 Å².